The summed E-state index contributed by atoms with van der Waals surface area (Å²) in [7, 11) is 0. The van der Waals surface area contributed by atoms with E-state index < -0.39 is 0 Å². The molecule has 0 spiro atoms. The Hall–Kier alpha value is -1.66. The molecule has 0 bridgehead atoms. The van der Waals surface area contributed by atoms with Gasteiger partial charge in [0.1, 0.15) is 0 Å². The molecule has 0 N–H and O–H groups in total. The molecule has 1 aromatic rings. The zero-order valence-electron chi connectivity index (χ0n) is 10.7. The van der Waals surface area contributed by atoms with Crippen molar-refractivity contribution < 1.29 is 4.79 Å². The number of likely N-dealkylation sites (tertiary alicyclic amines) is 1. The van der Waals surface area contributed by atoms with Crippen molar-refractivity contribution in [3.8, 4) is 6.07 Å². The lowest BCUT2D eigenvalue weighted by Gasteiger charge is -2.32. The standard InChI is InChI=1S/C15H18N2O/c1-12-4-2-3-9-17(12)11-15(18)14-7-5-13(10-16)6-8-14/h5-8,12H,2-4,9,11H2,1H3. The Labute approximate surface area is 108 Å². The van der Waals surface area contributed by atoms with Crippen molar-refractivity contribution in [3.05, 3.63) is 35.4 Å². The summed E-state index contributed by atoms with van der Waals surface area (Å²) in [6.45, 7) is 3.70. The van der Waals surface area contributed by atoms with Crippen LogP contribution in [0, 0.1) is 11.3 Å². The Morgan fingerprint density at radius 3 is 2.72 bits per heavy atom. The molecule has 3 nitrogen and oxygen atoms in total. The van der Waals surface area contributed by atoms with Gasteiger partial charge >= 0.3 is 0 Å². The van der Waals surface area contributed by atoms with Gasteiger partial charge in [-0.25, -0.2) is 0 Å². The van der Waals surface area contributed by atoms with Crippen LogP contribution in [0.3, 0.4) is 0 Å². The molecule has 94 valence electrons. The number of carbonyl (C=O) groups excluding carboxylic acids is 1. The molecule has 2 rings (SSSR count). The molecule has 0 radical (unpaired) electrons. The van der Waals surface area contributed by atoms with Gasteiger partial charge in [0.15, 0.2) is 5.78 Å². The minimum atomic E-state index is 0.147. The van der Waals surface area contributed by atoms with Crippen LogP contribution in [0.15, 0.2) is 24.3 Å². The lowest BCUT2D eigenvalue weighted by atomic mass is 10.0. The second-order valence-electron chi connectivity index (χ2n) is 4.93. The predicted molar refractivity (Wildman–Crippen MR) is 70.4 cm³/mol. The van der Waals surface area contributed by atoms with Gasteiger partial charge in [0.05, 0.1) is 18.2 Å². The van der Waals surface area contributed by atoms with Crippen molar-refractivity contribution in [1.82, 2.24) is 4.90 Å². The van der Waals surface area contributed by atoms with Crippen LogP contribution in [0.1, 0.15) is 42.1 Å². The van der Waals surface area contributed by atoms with E-state index in [1.165, 1.54) is 19.3 Å². The van der Waals surface area contributed by atoms with Crippen molar-refractivity contribution in [2.45, 2.75) is 32.2 Å². The Balaban J connectivity index is 2.00. The number of nitrogens with zero attached hydrogens (tertiary/aromatic N) is 2. The van der Waals surface area contributed by atoms with Gasteiger partial charge < -0.3 is 0 Å². The normalized spacial score (nSPS) is 20.3. The lowest BCUT2D eigenvalue weighted by molar-refractivity contribution is 0.0860. The van der Waals surface area contributed by atoms with Crippen LogP contribution >= 0.6 is 0 Å². The van der Waals surface area contributed by atoms with Crippen molar-refractivity contribution in [3.63, 3.8) is 0 Å². The molecule has 1 aliphatic heterocycles. The Morgan fingerprint density at radius 1 is 1.39 bits per heavy atom. The third-order valence-electron chi connectivity index (χ3n) is 3.62. The maximum absolute atomic E-state index is 12.1. The minimum absolute atomic E-state index is 0.147. The molecule has 18 heavy (non-hydrogen) atoms. The molecule has 1 saturated heterocycles. The van der Waals surface area contributed by atoms with E-state index in [0.717, 1.165) is 6.54 Å². The summed E-state index contributed by atoms with van der Waals surface area (Å²) in [6.07, 6.45) is 3.63. The number of carbonyl (C=O) groups is 1. The summed E-state index contributed by atoms with van der Waals surface area (Å²) < 4.78 is 0. The van der Waals surface area contributed by atoms with Crippen LogP contribution in [0.4, 0.5) is 0 Å². The van der Waals surface area contributed by atoms with Crippen molar-refractivity contribution in [2.75, 3.05) is 13.1 Å². The quantitative estimate of drug-likeness (QED) is 0.765. The first kappa shape index (κ1) is 12.8. The largest absolute Gasteiger partial charge is 0.293 e. The topological polar surface area (TPSA) is 44.1 Å². The summed E-state index contributed by atoms with van der Waals surface area (Å²) in [5, 5.41) is 8.72. The monoisotopic (exact) mass is 242 g/mol. The van der Waals surface area contributed by atoms with E-state index in [1.54, 1.807) is 24.3 Å². The first-order valence-electron chi connectivity index (χ1n) is 6.48. The van der Waals surface area contributed by atoms with E-state index in [4.69, 9.17) is 5.26 Å². The molecular weight excluding hydrogens is 224 g/mol. The van der Waals surface area contributed by atoms with E-state index >= 15 is 0 Å². The number of benzene rings is 1. The smallest absolute Gasteiger partial charge is 0.176 e. The molecule has 1 unspecified atom stereocenters. The van der Waals surface area contributed by atoms with Crippen LogP contribution in [0.2, 0.25) is 0 Å². The number of ketones is 1. The van der Waals surface area contributed by atoms with Crippen LogP contribution < -0.4 is 0 Å². The molecule has 1 aliphatic rings. The van der Waals surface area contributed by atoms with Gasteiger partial charge in [-0.3, -0.25) is 9.69 Å². The summed E-state index contributed by atoms with van der Waals surface area (Å²) in [5.74, 6) is 0.147. The molecule has 1 atom stereocenters. The van der Waals surface area contributed by atoms with Gasteiger partial charge in [0.25, 0.3) is 0 Å². The summed E-state index contributed by atoms with van der Waals surface area (Å²) in [5.41, 5.74) is 1.30. The highest BCUT2D eigenvalue weighted by Gasteiger charge is 2.20. The van der Waals surface area contributed by atoms with Crippen LogP contribution in [-0.4, -0.2) is 29.8 Å². The predicted octanol–water partition coefficient (Wildman–Crippen LogP) is 2.62. The highest BCUT2D eigenvalue weighted by atomic mass is 16.1. The first-order valence-corrected chi connectivity index (χ1v) is 6.48. The molecular formula is C15H18N2O. The second-order valence-corrected chi connectivity index (χ2v) is 4.93. The van der Waals surface area contributed by atoms with Gasteiger partial charge in [0, 0.05) is 11.6 Å². The zero-order valence-corrected chi connectivity index (χ0v) is 10.7. The number of rotatable bonds is 3. The highest BCUT2D eigenvalue weighted by molar-refractivity contribution is 5.97. The molecule has 1 heterocycles. The number of nitriles is 1. The third-order valence-corrected chi connectivity index (χ3v) is 3.62. The fourth-order valence-corrected chi connectivity index (χ4v) is 2.40. The number of Topliss-reactive ketones (excluding diaryl/α,β-unsaturated/α-hetero) is 1. The molecule has 1 aromatic carbocycles. The minimum Gasteiger partial charge on any atom is -0.293 e. The van der Waals surface area contributed by atoms with E-state index in [-0.39, 0.29) is 5.78 Å². The highest BCUT2D eigenvalue weighted by Crippen LogP contribution is 2.17. The fraction of sp³-hybridized carbons (Fsp3) is 0.467. The van der Waals surface area contributed by atoms with Crippen LogP contribution in [-0.2, 0) is 0 Å². The number of hydrogen-bond acceptors (Lipinski definition) is 3. The molecule has 0 aliphatic carbocycles. The van der Waals surface area contributed by atoms with Gasteiger partial charge in [0.2, 0.25) is 0 Å². The third kappa shape index (κ3) is 2.96. The molecule has 1 fully saturated rings. The van der Waals surface area contributed by atoms with Crippen LogP contribution in [0.25, 0.3) is 0 Å². The lowest BCUT2D eigenvalue weighted by Crippen LogP contribution is -2.40. The first-order chi connectivity index (χ1) is 8.70. The Morgan fingerprint density at radius 2 is 2.11 bits per heavy atom. The van der Waals surface area contributed by atoms with Crippen molar-refractivity contribution >= 4 is 5.78 Å². The maximum atomic E-state index is 12.1. The zero-order chi connectivity index (χ0) is 13.0. The molecule has 3 heteroatoms. The SMILES string of the molecule is CC1CCCCN1CC(=O)c1ccc(C#N)cc1. The van der Waals surface area contributed by atoms with Gasteiger partial charge in [-0.15, -0.1) is 0 Å². The van der Waals surface area contributed by atoms with E-state index in [9.17, 15) is 4.79 Å². The average Bonchev–Trinajstić information content (AvgIpc) is 2.41. The molecule has 0 aromatic heterocycles. The Kier molecular flexibility index (Phi) is 4.11. The van der Waals surface area contributed by atoms with E-state index in [0.29, 0.717) is 23.7 Å². The fourth-order valence-electron chi connectivity index (χ4n) is 2.40. The van der Waals surface area contributed by atoms with Gasteiger partial charge in [-0.05, 0) is 38.4 Å². The Bertz CT molecular complexity index is 458. The van der Waals surface area contributed by atoms with Crippen molar-refractivity contribution in [2.24, 2.45) is 0 Å². The molecule has 0 amide bonds. The second kappa shape index (κ2) is 5.79. The van der Waals surface area contributed by atoms with Crippen molar-refractivity contribution in [1.29, 1.82) is 5.26 Å². The van der Waals surface area contributed by atoms with Crippen LogP contribution in [0.5, 0.6) is 0 Å². The summed E-state index contributed by atoms with van der Waals surface area (Å²) in [4.78, 5) is 14.4. The number of hydrogen-bond donors (Lipinski definition) is 0. The summed E-state index contributed by atoms with van der Waals surface area (Å²) >= 11 is 0. The average molecular weight is 242 g/mol. The number of piperidine rings is 1. The van der Waals surface area contributed by atoms with E-state index in [2.05, 4.69) is 17.9 Å². The van der Waals surface area contributed by atoms with Gasteiger partial charge in [-0.2, -0.15) is 5.26 Å². The summed E-state index contributed by atoms with van der Waals surface area (Å²) in [6, 6.07) is 9.45. The molecule has 0 saturated carbocycles. The van der Waals surface area contributed by atoms with E-state index in [1.807, 2.05) is 0 Å². The van der Waals surface area contributed by atoms with Gasteiger partial charge in [-0.1, -0.05) is 18.6 Å². The maximum Gasteiger partial charge on any atom is 0.176 e.